The fourth-order valence-corrected chi connectivity index (χ4v) is 9.28. The standard InChI is InChI=1S/C32H46O8/c1-16(10-9-11-17(2)28(38)39)19-14-23(36)32(8)24-20(34)15-21-29(4,5)22(35)12-13-30(21,6)25(24)26(37)27(31(19,32)7)40-18(3)33/h11,16,19-22,27,34-35H,9-10,12-15H2,1-8H3,(H,38,39)/t16-,19-,20+,21?,22+,27-,30+,31+,32+/m1/s1. The lowest BCUT2D eigenvalue weighted by molar-refractivity contribution is -0.178. The highest BCUT2D eigenvalue weighted by molar-refractivity contribution is 6.08. The summed E-state index contributed by atoms with van der Waals surface area (Å²) in [5.74, 6) is -2.61. The number of fused-ring (bicyclic) bond motifs is 4. The molecule has 8 nitrogen and oxygen atoms in total. The van der Waals surface area contributed by atoms with E-state index in [0.29, 0.717) is 43.3 Å². The molecule has 0 spiro atoms. The van der Waals surface area contributed by atoms with Crippen LogP contribution in [0.3, 0.4) is 0 Å². The van der Waals surface area contributed by atoms with Crippen LogP contribution in [0, 0.1) is 39.4 Å². The highest BCUT2D eigenvalue weighted by Gasteiger charge is 2.74. The van der Waals surface area contributed by atoms with E-state index in [4.69, 9.17) is 4.74 Å². The number of esters is 1. The van der Waals surface area contributed by atoms with Gasteiger partial charge in [-0.05, 0) is 80.1 Å². The summed E-state index contributed by atoms with van der Waals surface area (Å²) >= 11 is 0. The van der Waals surface area contributed by atoms with E-state index < -0.39 is 51.9 Å². The number of hydrogen-bond acceptors (Lipinski definition) is 7. The lowest BCUT2D eigenvalue weighted by Gasteiger charge is -2.62. The maximum Gasteiger partial charge on any atom is 0.330 e. The number of aliphatic hydroxyl groups is 2. The molecule has 1 unspecified atom stereocenters. The average molecular weight is 559 g/mol. The Hall–Kier alpha value is -2.32. The van der Waals surface area contributed by atoms with Crippen LogP contribution in [0.5, 0.6) is 0 Å². The van der Waals surface area contributed by atoms with Crippen molar-refractivity contribution >= 4 is 23.5 Å². The summed E-state index contributed by atoms with van der Waals surface area (Å²) in [5, 5.41) is 31.9. The summed E-state index contributed by atoms with van der Waals surface area (Å²) in [6, 6.07) is 0. The number of carboxylic acids is 1. The second kappa shape index (κ2) is 9.90. The van der Waals surface area contributed by atoms with Crippen molar-refractivity contribution < 1.29 is 39.2 Å². The maximum atomic E-state index is 14.6. The van der Waals surface area contributed by atoms with E-state index in [-0.39, 0.29) is 41.3 Å². The molecule has 2 saturated carbocycles. The number of carbonyl (C=O) groups excluding carboxylic acids is 3. The third-order valence-electron chi connectivity index (χ3n) is 11.9. The molecule has 0 aromatic carbocycles. The predicted molar refractivity (Wildman–Crippen MR) is 148 cm³/mol. The van der Waals surface area contributed by atoms with Crippen molar-refractivity contribution in [3.63, 3.8) is 0 Å². The van der Waals surface area contributed by atoms with E-state index in [0.717, 1.165) is 0 Å². The van der Waals surface area contributed by atoms with Crippen LogP contribution in [0.1, 0.15) is 93.9 Å². The molecule has 0 radical (unpaired) electrons. The Morgan fingerprint density at radius 2 is 1.73 bits per heavy atom. The average Bonchev–Trinajstić information content (AvgIpc) is 3.07. The Balaban J connectivity index is 1.88. The van der Waals surface area contributed by atoms with Crippen molar-refractivity contribution in [2.75, 3.05) is 0 Å². The summed E-state index contributed by atoms with van der Waals surface area (Å²) in [5.41, 5.74) is -2.43. The Bertz CT molecular complexity index is 1200. The zero-order chi connectivity index (χ0) is 30.2. The number of ketones is 2. The van der Waals surface area contributed by atoms with Crippen LogP contribution in [-0.2, 0) is 23.9 Å². The predicted octanol–water partition coefficient (Wildman–Crippen LogP) is 4.41. The minimum Gasteiger partial charge on any atom is -0.478 e. The van der Waals surface area contributed by atoms with Crippen LogP contribution < -0.4 is 0 Å². The highest BCUT2D eigenvalue weighted by Crippen LogP contribution is 2.71. The van der Waals surface area contributed by atoms with Gasteiger partial charge in [0.1, 0.15) is 5.78 Å². The van der Waals surface area contributed by atoms with Gasteiger partial charge in [0.05, 0.1) is 17.6 Å². The van der Waals surface area contributed by atoms with E-state index in [1.54, 1.807) is 13.0 Å². The number of hydrogen-bond donors (Lipinski definition) is 3. The van der Waals surface area contributed by atoms with Crippen molar-refractivity contribution in [1.82, 2.24) is 0 Å². The van der Waals surface area contributed by atoms with Crippen molar-refractivity contribution in [3.05, 3.63) is 22.8 Å². The van der Waals surface area contributed by atoms with Gasteiger partial charge in [-0.2, -0.15) is 0 Å². The van der Waals surface area contributed by atoms with Crippen LogP contribution in [0.25, 0.3) is 0 Å². The minimum atomic E-state index is -1.23. The molecule has 8 heteroatoms. The first-order valence-electron chi connectivity index (χ1n) is 14.6. The molecule has 222 valence electrons. The SMILES string of the molecule is CC(=O)O[C@@H]1C(=O)C2=C([C@@H](O)CC3C(C)(C)[C@@H](O)CC[C@]23C)[C@]2(C)C(=O)C[C@H]([C@H](C)CCC=C(C)C(=O)O)[C@@]12C. The Labute approximate surface area is 237 Å². The van der Waals surface area contributed by atoms with Crippen LogP contribution in [0.15, 0.2) is 22.8 Å². The topological polar surface area (TPSA) is 138 Å². The first-order chi connectivity index (χ1) is 18.4. The second-order valence-corrected chi connectivity index (χ2v) is 14.1. The third kappa shape index (κ3) is 4.07. The van der Waals surface area contributed by atoms with E-state index >= 15 is 0 Å². The van der Waals surface area contributed by atoms with Crippen LogP contribution in [0.2, 0.25) is 0 Å². The van der Waals surface area contributed by atoms with Crippen molar-refractivity contribution in [2.24, 2.45) is 39.4 Å². The second-order valence-electron chi connectivity index (χ2n) is 14.1. The molecule has 0 aromatic heterocycles. The number of rotatable bonds is 6. The molecule has 4 aliphatic rings. The summed E-state index contributed by atoms with van der Waals surface area (Å²) in [6.07, 6.45) is 1.47. The zero-order valence-corrected chi connectivity index (χ0v) is 25.2. The van der Waals surface area contributed by atoms with Crippen LogP contribution >= 0.6 is 0 Å². The van der Waals surface area contributed by atoms with Crippen LogP contribution in [-0.4, -0.2) is 57.1 Å². The molecular weight excluding hydrogens is 512 g/mol. The molecule has 0 bridgehead atoms. The van der Waals surface area contributed by atoms with Gasteiger partial charge in [-0.25, -0.2) is 4.79 Å². The molecule has 0 aromatic rings. The van der Waals surface area contributed by atoms with Gasteiger partial charge in [-0.15, -0.1) is 0 Å². The molecule has 4 aliphatic carbocycles. The number of aliphatic carboxylic acids is 1. The minimum absolute atomic E-state index is 0.0718. The molecule has 3 N–H and O–H groups in total. The summed E-state index contributed by atoms with van der Waals surface area (Å²) in [6.45, 7) is 14.5. The number of Topliss-reactive ketones (excluding diaryl/α,β-unsaturated/α-hetero) is 2. The lowest BCUT2D eigenvalue weighted by atomic mass is 9.42. The molecular formula is C32H46O8. The van der Waals surface area contributed by atoms with Gasteiger partial charge in [0.2, 0.25) is 5.78 Å². The molecule has 4 rings (SSSR count). The van der Waals surface area contributed by atoms with Crippen LogP contribution in [0.4, 0.5) is 0 Å². The third-order valence-corrected chi connectivity index (χ3v) is 11.9. The monoisotopic (exact) mass is 558 g/mol. The first kappa shape index (κ1) is 30.6. The first-order valence-corrected chi connectivity index (χ1v) is 14.6. The quantitative estimate of drug-likeness (QED) is 0.322. The fourth-order valence-electron chi connectivity index (χ4n) is 9.28. The van der Waals surface area contributed by atoms with E-state index in [1.165, 1.54) is 6.92 Å². The largest absolute Gasteiger partial charge is 0.478 e. The Kier molecular flexibility index (Phi) is 7.58. The number of carbonyl (C=O) groups is 4. The van der Waals surface area contributed by atoms with Gasteiger partial charge in [0.15, 0.2) is 6.10 Å². The normalized spacial score (nSPS) is 41.6. The highest BCUT2D eigenvalue weighted by atomic mass is 16.5. The van der Waals surface area contributed by atoms with E-state index in [1.807, 2.05) is 41.5 Å². The van der Waals surface area contributed by atoms with Gasteiger partial charge < -0.3 is 20.1 Å². The van der Waals surface area contributed by atoms with E-state index in [2.05, 4.69) is 0 Å². The van der Waals surface area contributed by atoms with Gasteiger partial charge in [-0.1, -0.05) is 40.7 Å². The van der Waals surface area contributed by atoms with E-state index in [9.17, 15) is 34.5 Å². The maximum absolute atomic E-state index is 14.6. The van der Waals surface area contributed by atoms with Gasteiger partial charge >= 0.3 is 11.9 Å². The summed E-state index contributed by atoms with van der Waals surface area (Å²) in [4.78, 5) is 52.5. The molecule has 0 saturated heterocycles. The molecule has 0 amide bonds. The number of aliphatic hydroxyl groups excluding tert-OH is 2. The molecule has 40 heavy (non-hydrogen) atoms. The molecule has 0 aliphatic heterocycles. The van der Waals surface area contributed by atoms with Crippen molar-refractivity contribution in [3.8, 4) is 0 Å². The van der Waals surface area contributed by atoms with Crippen molar-refractivity contribution in [2.45, 2.75) is 112 Å². The Morgan fingerprint density at radius 3 is 2.30 bits per heavy atom. The van der Waals surface area contributed by atoms with Crippen molar-refractivity contribution in [1.29, 1.82) is 0 Å². The lowest BCUT2D eigenvalue weighted by Crippen LogP contribution is -2.65. The summed E-state index contributed by atoms with van der Waals surface area (Å²) in [7, 11) is 0. The number of ether oxygens (including phenoxy) is 1. The summed E-state index contributed by atoms with van der Waals surface area (Å²) < 4.78 is 5.88. The van der Waals surface area contributed by atoms with Gasteiger partial charge in [0, 0.05) is 29.9 Å². The molecule has 2 fully saturated rings. The molecule has 0 heterocycles. The molecule has 9 atom stereocenters. The zero-order valence-electron chi connectivity index (χ0n) is 25.2. The van der Waals surface area contributed by atoms with Gasteiger partial charge in [0.25, 0.3) is 0 Å². The van der Waals surface area contributed by atoms with Gasteiger partial charge in [-0.3, -0.25) is 14.4 Å². The fraction of sp³-hybridized carbons (Fsp3) is 0.750. The smallest absolute Gasteiger partial charge is 0.330 e. The number of carboxylic acid groups (broad SMARTS) is 1. The Morgan fingerprint density at radius 1 is 1.10 bits per heavy atom. The number of allylic oxidation sites excluding steroid dienone is 1.